The van der Waals surface area contributed by atoms with E-state index >= 15 is 0 Å². The standard InChI is InChI=1S/C19H16F3N3O4/c1-5-13(19(20,21)22)14(6-2)25-18-12-7-16(28-10(3)26)17(29-11(4)27)8-15(12)23-9-24-18/h5-9H,1-2H2,3-4H3,(H,23,24,25)/b14-13-. The number of anilines is 1. The van der Waals surface area contributed by atoms with Gasteiger partial charge in [-0.2, -0.15) is 13.2 Å². The first-order valence-electron chi connectivity index (χ1n) is 8.05. The summed E-state index contributed by atoms with van der Waals surface area (Å²) in [6.07, 6.45) is -1.95. The normalized spacial score (nSPS) is 12.0. The summed E-state index contributed by atoms with van der Waals surface area (Å²) in [5.74, 6) is -1.57. The van der Waals surface area contributed by atoms with Crippen molar-refractivity contribution in [3.8, 4) is 11.5 Å². The lowest BCUT2D eigenvalue weighted by molar-refractivity contribution is -0.134. The molecule has 152 valence electrons. The van der Waals surface area contributed by atoms with Crippen molar-refractivity contribution in [3.05, 3.63) is 55.0 Å². The Morgan fingerprint density at radius 3 is 2.10 bits per heavy atom. The molecule has 0 spiro atoms. The largest absolute Gasteiger partial charge is 0.423 e. The van der Waals surface area contributed by atoms with E-state index in [9.17, 15) is 22.8 Å². The highest BCUT2D eigenvalue weighted by Crippen LogP contribution is 2.36. The molecule has 7 nitrogen and oxygen atoms in total. The van der Waals surface area contributed by atoms with Crippen molar-refractivity contribution < 1.29 is 32.2 Å². The van der Waals surface area contributed by atoms with Gasteiger partial charge in [0.15, 0.2) is 11.5 Å². The molecular formula is C19H16F3N3O4. The number of halogens is 3. The van der Waals surface area contributed by atoms with Gasteiger partial charge in [-0.25, -0.2) is 9.97 Å². The lowest BCUT2D eigenvalue weighted by Gasteiger charge is -2.16. The first-order valence-corrected chi connectivity index (χ1v) is 8.05. The number of allylic oxidation sites excluding steroid dienone is 3. The number of ether oxygens (including phenoxy) is 2. The van der Waals surface area contributed by atoms with Crippen molar-refractivity contribution in [2.24, 2.45) is 0 Å². The van der Waals surface area contributed by atoms with Crippen LogP contribution in [0.25, 0.3) is 10.9 Å². The maximum absolute atomic E-state index is 13.2. The summed E-state index contributed by atoms with van der Waals surface area (Å²) in [6, 6.07) is 2.58. The van der Waals surface area contributed by atoms with Crippen LogP contribution in [-0.2, 0) is 9.59 Å². The maximum Gasteiger partial charge on any atom is 0.418 e. The van der Waals surface area contributed by atoms with Crippen LogP contribution in [-0.4, -0.2) is 28.1 Å². The summed E-state index contributed by atoms with van der Waals surface area (Å²) in [5.41, 5.74) is -1.20. The van der Waals surface area contributed by atoms with Crippen molar-refractivity contribution in [1.82, 2.24) is 9.97 Å². The van der Waals surface area contributed by atoms with Crippen molar-refractivity contribution in [2.75, 3.05) is 5.32 Å². The van der Waals surface area contributed by atoms with E-state index in [4.69, 9.17) is 9.47 Å². The number of carbonyl (C=O) groups excluding carboxylic acids is 2. The highest BCUT2D eigenvalue weighted by atomic mass is 19.4. The van der Waals surface area contributed by atoms with Crippen LogP contribution in [0.4, 0.5) is 19.0 Å². The number of fused-ring (bicyclic) bond motifs is 1. The predicted octanol–water partition coefficient (Wildman–Crippen LogP) is 4.08. The van der Waals surface area contributed by atoms with Crippen LogP contribution in [0, 0.1) is 0 Å². The third-order valence-electron chi connectivity index (χ3n) is 3.47. The minimum atomic E-state index is -4.67. The SMILES string of the molecule is C=C/C(Nc1ncnc2cc(OC(C)=O)c(OC(C)=O)cc12)=C(\C=C)C(F)(F)F. The van der Waals surface area contributed by atoms with Gasteiger partial charge in [0, 0.05) is 25.3 Å². The number of carbonyl (C=O) groups is 2. The molecule has 2 rings (SSSR count). The fourth-order valence-corrected chi connectivity index (χ4v) is 2.37. The highest BCUT2D eigenvalue weighted by molar-refractivity contribution is 5.93. The number of alkyl halides is 3. The molecule has 0 atom stereocenters. The summed E-state index contributed by atoms with van der Waals surface area (Å²) in [5, 5.41) is 2.75. The van der Waals surface area contributed by atoms with Gasteiger partial charge in [0.1, 0.15) is 12.1 Å². The van der Waals surface area contributed by atoms with E-state index in [0.29, 0.717) is 6.08 Å². The second-order valence-electron chi connectivity index (χ2n) is 5.58. The predicted molar refractivity (Wildman–Crippen MR) is 99.3 cm³/mol. The second kappa shape index (κ2) is 8.55. The van der Waals surface area contributed by atoms with Gasteiger partial charge in [0.05, 0.1) is 16.8 Å². The van der Waals surface area contributed by atoms with Crippen LogP contribution in [0.15, 0.2) is 55.0 Å². The lowest BCUT2D eigenvalue weighted by atomic mass is 10.1. The molecule has 0 radical (unpaired) electrons. The molecule has 1 heterocycles. The van der Waals surface area contributed by atoms with Gasteiger partial charge in [0.25, 0.3) is 0 Å². The quantitative estimate of drug-likeness (QED) is 0.438. The molecule has 0 fully saturated rings. The number of nitrogens with zero attached hydrogens (tertiary/aromatic N) is 2. The number of aromatic nitrogens is 2. The number of hydrogen-bond donors (Lipinski definition) is 1. The summed E-state index contributed by atoms with van der Waals surface area (Å²) in [4.78, 5) is 30.6. The average Bonchev–Trinajstić information content (AvgIpc) is 2.60. The molecule has 1 aromatic heterocycles. The fourth-order valence-electron chi connectivity index (χ4n) is 2.37. The van der Waals surface area contributed by atoms with E-state index in [0.717, 1.165) is 26.3 Å². The van der Waals surface area contributed by atoms with E-state index < -0.39 is 23.7 Å². The van der Waals surface area contributed by atoms with Gasteiger partial charge < -0.3 is 14.8 Å². The Morgan fingerprint density at radius 2 is 1.62 bits per heavy atom. The van der Waals surface area contributed by atoms with Crippen molar-refractivity contribution in [1.29, 1.82) is 0 Å². The van der Waals surface area contributed by atoms with E-state index in [1.165, 1.54) is 12.1 Å². The number of benzene rings is 1. The van der Waals surface area contributed by atoms with E-state index in [-0.39, 0.29) is 33.9 Å². The molecule has 0 saturated heterocycles. The van der Waals surface area contributed by atoms with Crippen LogP contribution in [0.5, 0.6) is 11.5 Å². The molecule has 2 aromatic rings. The Balaban J connectivity index is 2.67. The molecule has 0 amide bonds. The molecule has 1 aromatic carbocycles. The average molecular weight is 407 g/mol. The summed E-state index contributed by atoms with van der Waals surface area (Å²) < 4.78 is 49.6. The minimum Gasteiger partial charge on any atom is -0.423 e. The Kier molecular flexibility index (Phi) is 6.37. The van der Waals surface area contributed by atoms with Crippen LogP contribution < -0.4 is 14.8 Å². The Labute approximate surface area is 163 Å². The van der Waals surface area contributed by atoms with Crippen molar-refractivity contribution in [3.63, 3.8) is 0 Å². The molecular weight excluding hydrogens is 391 g/mol. The molecule has 1 N–H and O–H groups in total. The molecule has 0 bridgehead atoms. The monoisotopic (exact) mass is 407 g/mol. The van der Waals surface area contributed by atoms with E-state index in [1.54, 1.807) is 0 Å². The smallest absolute Gasteiger partial charge is 0.418 e. The van der Waals surface area contributed by atoms with Crippen LogP contribution in [0.3, 0.4) is 0 Å². The Hall–Kier alpha value is -3.69. The first kappa shape index (κ1) is 21.6. The summed E-state index contributed by atoms with van der Waals surface area (Å²) in [6.45, 7) is 8.86. The van der Waals surface area contributed by atoms with Gasteiger partial charge in [-0.15, -0.1) is 0 Å². The highest BCUT2D eigenvalue weighted by Gasteiger charge is 2.34. The first-order chi connectivity index (χ1) is 13.6. The molecule has 0 unspecified atom stereocenters. The summed E-state index contributed by atoms with van der Waals surface area (Å²) >= 11 is 0. The molecule has 0 saturated carbocycles. The second-order valence-corrected chi connectivity index (χ2v) is 5.58. The number of hydrogen-bond acceptors (Lipinski definition) is 7. The Morgan fingerprint density at radius 1 is 1.03 bits per heavy atom. The third kappa shape index (κ3) is 5.18. The van der Waals surface area contributed by atoms with Gasteiger partial charge in [-0.3, -0.25) is 9.59 Å². The van der Waals surface area contributed by atoms with E-state index in [2.05, 4.69) is 28.4 Å². The third-order valence-corrected chi connectivity index (χ3v) is 3.47. The van der Waals surface area contributed by atoms with Gasteiger partial charge >= 0.3 is 18.1 Å². The van der Waals surface area contributed by atoms with Crippen LogP contribution in [0.2, 0.25) is 0 Å². The fraction of sp³-hybridized carbons (Fsp3) is 0.158. The minimum absolute atomic E-state index is 0.0173. The number of esters is 2. The number of nitrogens with one attached hydrogen (secondary N) is 1. The van der Waals surface area contributed by atoms with Gasteiger partial charge in [-0.05, 0) is 12.1 Å². The molecule has 29 heavy (non-hydrogen) atoms. The van der Waals surface area contributed by atoms with Crippen LogP contribution >= 0.6 is 0 Å². The van der Waals surface area contributed by atoms with Crippen molar-refractivity contribution in [2.45, 2.75) is 20.0 Å². The topological polar surface area (TPSA) is 90.4 Å². The molecule has 0 aliphatic carbocycles. The van der Waals surface area contributed by atoms with Gasteiger partial charge in [-0.1, -0.05) is 19.2 Å². The summed E-state index contributed by atoms with van der Waals surface area (Å²) in [7, 11) is 0. The van der Waals surface area contributed by atoms with Crippen LogP contribution in [0.1, 0.15) is 13.8 Å². The maximum atomic E-state index is 13.2. The zero-order chi connectivity index (χ0) is 21.8. The zero-order valence-electron chi connectivity index (χ0n) is 15.5. The zero-order valence-corrected chi connectivity index (χ0v) is 15.5. The van der Waals surface area contributed by atoms with Crippen molar-refractivity contribution >= 4 is 28.7 Å². The molecule has 0 aliphatic rings. The van der Waals surface area contributed by atoms with Gasteiger partial charge in [0.2, 0.25) is 0 Å². The number of rotatable bonds is 6. The molecule has 0 aliphatic heterocycles. The lowest BCUT2D eigenvalue weighted by Crippen LogP contribution is -2.16. The Bertz CT molecular complexity index is 1030. The van der Waals surface area contributed by atoms with E-state index in [1.807, 2.05) is 0 Å². The molecule has 10 heteroatoms.